The molecule has 0 bridgehead atoms. The van der Waals surface area contributed by atoms with Gasteiger partial charge in [-0.15, -0.1) is 0 Å². The maximum Gasteiger partial charge on any atom is 0.144 e. The van der Waals surface area contributed by atoms with Crippen LogP contribution in [0.1, 0.15) is 23.1 Å². The molecule has 3 aromatic rings. The van der Waals surface area contributed by atoms with Crippen LogP contribution < -0.4 is 0 Å². The third-order valence-electron chi connectivity index (χ3n) is 4.62. The summed E-state index contributed by atoms with van der Waals surface area (Å²) in [4.78, 5) is 4.44. The number of fused-ring (bicyclic) bond motifs is 1. The average Bonchev–Trinajstić information content (AvgIpc) is 3.14. The zero-order chi connectivity index (χ0) is 17.8. The van der Waals surface area contributed by atoms with Crippen molar-refractivity contribution in [2.45, 2.75) is 38.1 Å². The smallest absolute Gasteiger partial charge is 0.144 e. The van der Waals surface area contributed by atoms with Gasteiger partial charge in [0.15, 0.2) is 0 Å². The van der Waals surface area contributed by atoms with Crippen molar-refractivity contribution in [3.05, 3.63) is 90.0 Å². The predicted molar refractivity (Wildman–Crippen MR) is 97.2 cm³/mol. The van der Waals surface area contributed by atoms with E-state index in [4.69, 9.17) is 9.47 Å². The van der Waals surface area contributed by atoms with Crippen LogP contribution in [0.4, 0.5) is 0 Å². The largest absolute Gasteiger partial charge is 0.388 e. The number of rotatable bonds is 6. The van der Waals surface area contributed by atoms with E-state index in [0.717, 1.165) is 17.0 Å². The molecule has 1 aromatic heterocycles. The highest BCUT2D eigenvalue weighted by Gasteiger charge is 2.38. The van der Waals surface area contributed by atoms with E-state index < -0.39 is 18.3 Å². The second-order valence-corrected chi connectivity index (χ2v) is 6.48. The van der Waals surface area contributed by atoms with Gasteiger partial charge in [-0.3, -0.25) is 0 Å². The molecule has 4 rings (SSSR count). The molecule has 0 saturated heterocycles. The molecule has 26 heavy (non-hydrogen) atoms. The van der Waals surface area contributed by atoms with Crippen LogP contribution in [0, 0.1) is 0 Å². The van der Waals surface area contributed by atoms with Crippen molar-refractivity contribution in [1.82, 2.24) is 9.55 Å². The number of aliphatic hydroxyl groups is 1. The summed E-state index contributed by atoms with van der Waals surface area (Å²) in [5.41, 5.74) is 2.14. The van der Waals surface area contributed by atoms with E-state index in [-0.39, 0.29) is 0 Å². The molecule has 5 nitrogen and oxygen atoms in total. The molecule has 2 heterocycles. The molecule has 134 valence electrons. The Bertz CT molecular complexity index is 820. The van der Waals surface area contributed by atoms with Gasteiger partial charge in [0, 0.05) is 12.4 Å². The minimum absolute atomic E-state index is 0.419. The highest BCUT2D eigenvalue weighted by Crippen LogP contribution is 2.31. The minimum Gasteiger partial charge on any atom is -0.388 e. The highest BCUT2D eigenvalue weighted by molar-refractivity contribution is 5.15. The molecule has 0 saturated carbocycles. The first-order valence-electron chi connectivity index (χ1n) is 8.81. The van der Waals surface area contributed by atoms with Crippen molar-refractivity contribution in [2.24, 2.45) is 0 Å². The molecular formula is C21H22N2O3. The number of aliphatic hydroxyl groups excluding tert-OH is 1. The molecule has 0 amide bonds. The van der Waals surface area contributed by atoms with E-state index in [0.29, 0.717) is 19.8 Å². The summed E-state index contributed by atoms with van der Waals surface area (Å²) in [7, 11) is 0. The summed E-state index contributed by atoms with van der Waals surface area (Å²) in [6.45, 7) is 1.32. The van der Waals surface area contributed by atoms with E-state index in [1.165, 1.54) is 0 Å². The first-order chi connectivity index (χ1) is 12.8. The highest BCUT2D eigenvalue weighted by atomic mass is 16.5. The number of nitrogens with zero attached hydrogens (tertiary/aromatic N) is 2. The van der Waals surface area contributed by atoms with Gasteiger partial charge in [-0.25, -0.2) is 4.98 Å². The van der Waals surface area contributed by atoms with E-state index in [9.17, 15) is 5.11 Å². The van der Waals surface area contributed by atoms with Crippen molar-refractivity contribution < 1.29 is 14.6 Å². The number of benzene rings is 2. The first kappa shape index (κ1) is 17.0. The van der Waals surface area contributed by atoms with Gasteiger partial charge in [0.1, 0.15) is 24.1 Å². The number of ether oxygens (including phenoxy) is 2. The fourth-order valence-corrected chi connectivity index (χ4v) is 3.28. The molecular weight excluding hydrogens is 328 g/mol. The van der Waals surface area contributed by atoms with Gasteiger partial charge in [-0.2, -0.15) is 0 Å². The number of aromatic nitrogens is 2. The molecule has 1 N–H and O–H groups in total. The lowest BCUT2D eigenvalue weighted by atomic mass is 10.0. The normalized spacial score (nSPS) is 22.1. The first-order valence-corrected chi connectivity index (χ1v) is 8.81. The van der Waals surface area contributed by atoms with Crippen molar-refractivity contribution in [2.75, 3.05) is 0 Å². The average molecular weight is 350 g/mol. The van der Waals surface area contributed by atoms with Gasteiger partial charge in [-0.1, -0.05) is 60.7 Å². The van der Waals surface area contributed by atoms with Crippen LogP contribution in [0.3, 0.4) is 0 Å². The summed E-state index contributed by atoms with van der Waals surface area (Å²) in [5, 5.41) is 10.6. The Morgan fingerprint density at radius 1 is 0.923 bits per heavy atom. The zero-order valence-electron chi connectivity index (χ0n) is 14.4. The van der Waals surface area contributed by atoms with Crippen molar-refractivity contribution in [3.63, 3.8) is 0 Å². The van der Waals surface area contributed by atoms with Gasteiger partial charge in [-0.05, 0) is 11.1 Å². The number of imidazole rings is 1. The molecule has 1 aliphatic rings. The van der Waals surface area contributed by atoms with E-state index in [2.05, 4.69) is 4.98 Å². The third kappa shape index (κ3) is 3.70. The van der Waals surface area contributed by atoms with E-state index in [1.54, 1.807) is 6.20 Å². The van der Waals surface area contributed by atoms with Crippen LogP contribution in [0.15, 0.2) is 73.1 Å². The monoisotopic (exact) mass is 350 g/mol. The molecule has 0 spiro atoms. The van der Waals surface area contributed by atoms with Gasteiger partial charge >= 0.3 is 0 Å². The minimum atomic E-state index is -0.652. The van der Waals surface area contributed by atoms with Crippen molar-refractivity contribution in [1.29, 1.82) is 0 Å². The second-order valence-electron chi connectivity index (χ2n) is 6.48. The summed E-state index contributed by atoms with van der Waals surface area (Å²) in [6.07, 6.45) is 2.07. The fourth-order valence-electron chi connectivity index (χ4n) is 3.28. The molecule has 0 radical (unpaired) electrons. The molecule has 1 aliphatic heterocycles. The molecule has 0 unspecified atom stereocenters. The lowest BCUT2D eigenvalue weighted by Gasteiger charge is -2.35. The third-order valence-corrected chi connectivity index (χ3v) is 4.62. The SMILES string of the molecule is O[C@H]1Cn2ccnc2[C@H](OCc2ccccc2)[C@@H]1OCc1ccccc1. The van der Waals surface area contributed by atoms with E-state index >= 15 is 0 Å². The second kappa shape index (κ2) is 7.83. The van der Waals surface area contributed by atoms with Gasteiger partial charge < -0.3 is 19.1 Å². The lowest BCUT2D eigenvalue weighted by Crippen LogP contribution is -2.44. The summed E-state index contributed by atoms with van der Waals surface area (Å²) in [5.74, 6) is 0.796. The van der Waals surface area contributed by atoms with Crippen LogP contribution in [0.25, 0.3) is 0 Å². The Kier molecular flexibility index (Phi) is 5.11. The zero-order valence-corrected chi connectivity index (χ0v) is 14.4. The Hall–Kier alpha value is -2.47. The van der Waals surface area contributed by atoms with E-state index in [1.807, 2.05) is 71.4 Å². The number of hydrogen-bond donors (Lipinski definition) is 1. The van der Waals surface area contributed by atoms with Crippen molar-refractivity contribution in [3.8, 4) is 0 Å². The Labute approximate surface area is 152 Å². The molecule has 2 aromatic carbocycles. The van der Waals surface area contributed by atoms with Crippen LogP contribution >= 0.6 is 0 Å². The maximum atomic E-state index is 10.6. The Morgan fingerprint density at radius 3 is 2.19 bits per heavy atom. The summed E-state index contributed by atoms with van der Waals surface area (Å²) >= 11 is 0. The Balaban J connectivity index is 1.51. The molecule has 5 heteroatoms. The fraction of sp³-hybridized carbons (Fsp3) is 0.286. The van der Waals surface area contributed by atoms with Crippen LogP contribution in [0.5, 0.6) is 0 Å². The maximum absolute atomic E-state index is 10.6. The predicted octanol–water partition coefficient (Wildman–Crippen LogP) is 3.10. The van der Waals surface area contributed by atoms with Gasteiger partial charge in [0.05, 0.1) is 19.8 Å². The van der Waals surface area contributed by atoms with Gasteiger partial charge in [0.25, 0.3) is 0 Å². The van der Waals surface area contributed by atoms with Crippen molar-refractivity contribution >= 4 is 0 Å². The lowest BCUT2D eigenvalue weighted by molar-refractivity contribution is -0.152. The van der Waals surface area contributed by atoms with Crippen LogP contribution in [0.2, 0.25) is 0 Å². The van der Waals surface area contributed by atoms with Crippen LogP contribution in [-0.2, 0) is 29.2 Å². The molecule has 3 atom stereocenters. The summed E-state index contributed by atoms with van der Waals surface area (Å²) < 4.78 is 14.2. The molecule has 0 fully saturated rings. The quantitative estimate of drug-likeness (QED) is 0.742. The van der Waals surface area contributed by atoms with Gasteiger partial charge in [0.2, 0.25) is 0 Å². The Morgan fingerprint density at radius 2 is 1.54 bits per heavy atom. The van der Waals surface area contributed by atoms with Crippen LogP contribution in [-0.4, -0.2) is 26.9 Å². The molecule has 0 aliphatic carbocycles. The number of hydrogen-bond acceptors (Lipinski definition) is 4. The topological polar surface area (TPSA) is 56.5 Å². The summed E-state index contributed by atoms with van der Waals surface area (Å²) in [6, 6.07) is 19.9. The standard InChI is InChI=1S/C21H22N2O3/c24-18-13-23-12-11-22-21(23)20(26-15-17-9-5-2-6-10-17)19(18)25-14-16-7-3-1-4-8-16/h1-12,18-20,24H,13-15H2/t18-,19+,20+/m0/s1.